The quantitative estimate of drug-likeness (QED) is 0.575. The number of hydrogen-bond donors (Lipinski definition) is 0. The normalized spacial score (nSPS) is 14.4. The van der Waals surface area contributed by atoms with Crippen molar-refractivity contribution in [2.45, 2.75) is 32.6 Å². The minimum absolute atomic E-state index is 0.127. The predicted molar refractivity (Wildman–Crippen MR) is 114 cm³/mol. The van der Waals surface area contributed by atoms with E-state index in [1.165, 1.54) is 17.2 Å². The zero-order valence-electron chi connectivity index (χ0n) is 16.5. The van der Waals surface area contributed by atoms with Crippen molar-refractivity contribution >= 4 is 23.4 Å². The molecule has 30 heavy (non-hydrogen) atoms. The number of nitrogens with zero attached hydrogens (tertiary/aromatic N) is 3. The maximum absolute atomic E-state index is 12.9. The van der Waals surface area contributed by atoms with E-state index in [-0.39, 0.29) is 16.8 Å². The summed E-state index contributed by atoms with van der Waals surface area (Å²) in [7, 11) is 0. The van der Waals surface area contributed by atoms with E-state index in [0.29, 0.717) is 6.54 Å². The Kier molecular flexibility index (Phi) is 4.79. The molecule has 1 aliphatic carbocycles. The molecular weight excluding hydrogens is 402 g/mol. The molecule has 2 aliphatic rings. The molecule has 152 valence electrons. The average Bonchev–Trinajstić information content (AvgIpc) is 3.38. The second-order valence-corrected chi connectivity index (χ2v) is 7.93. The van der Waals surface area contributed by atoms with E-state index >= 15 is 0 Å². The number of ether oxygens (including phenoxy) is 2. The lowest BCUT2D eigenvalue weighted by molar-refractivity contribution is 0.206. The van der Waals surface area contributed by atoms with Crippen molar-refractivity contribution in [2.75, 3.05) is 11.4 Å². The molecule has 2 heterocycles. The number of rotatable bonds is 3. The fourth-order valence-electron chi connectivity index (χ4n) is 4.15. The maximum Gasteiger partial charge on any atom is 0.419 e. The number of para-hydroxylation sites is 1. The maximum atomic E-state index is 12.9. The van der Waals surface area contributed by atoms with Gasteiger partial charge in [0.05, 0.1) is 5.69 Å². The number of hydrogen-bond acceptors (Lipinski definition) is 5. The molecule has 1 aliphatic heterocycles. The summed E-state index contributed by atoms with van der Waals surface area (Å²) >= 11 is 6.03. The lowest BCUT2D eigenvalue weighted by Crippen LogP contribution is -2.31. The van der Waals surface area contributed by atoms with Crippen molar-refractivity contribution in [2.24, 2.45) is 0 Å². The van der Waals surface area contributed by atoms with Gasteiger partial charge in [0.25, 0.3) is 5.88 Å². The minimum atomic E-state index is -0.496. The van der Waals surface area contributed by atoms with Crippen molar-refractivity contribution in [3.8, 4) is 17.4 Å². The van der Waals surface area contributed by atoms with E-state index < -0.39 is 6.09 Å². The van der Waals surface area contributed by atoms with E-state index in [2.05, 4.69) is 16.3 Å². The number of aryl methyl sites for hydroxylation is 2. The Balaban J connectivity index is 1.44. The van der Waals surface area contributed by atoms with Crippen LogP contribution in [0.25, 0.3) is 0 Å². The topological polar surface area (TPSA) is 64.6 Å². The zero-order valence-corrected chi connectivity index (χ0v) is 17.3. The van der Waals surface area contributed by atoms with Crippen molar-refractivity contribution in [3.05, 3.63) is 69.9 Å². The standard InChI is InChI=1S/C23H20ClN3O3/c1-14-9-10-15-6-4-7-17(15)21(14)30-22-19(13-20(24)25-26-22)29-23(28)27-12-11-16-5-2-3-8-18(16)27/h2-3,5,8-10,13H,4,6-7,11-12H2,1H3. The molecular formula is C23H20ClN3O3. The molecule has 0 unspecified atom stereocenters. The van der Waals surface area contributed by atoms with Crippen LogP contribution < -0.4 is 14.4 Å². The Bertz CT molecular complexity index is 1150. The summed E-state index contributed by atoms with van der Waals surface area (Å²) in [4.78, 5) is 14.5. The summed E-state index contributed by atoms with van der Waals surface area (Å²) in [6.07, 6.45) is 3.38. The fraction of sp³-hybridized carbons (Fsp3) is 0.261. The number of halogens is 1. The lowest BCUT2D eigenvalue weighted by Gasteiger charge is -2.18. The summed E-state index contributed by atoms with van der Waals surface area (Å²) in [5, 5.41) is 8.08. The molecule has 0 saturated heterocycles. The molecule has 0 fully saturated rings. The largest absolute Gasteiger partial charge is 0.434 e. The molecule has 5 rings (SSSR count). The van der Waals surface area contributed by atoms with Crippen LogP contribution in [0.1, 0.15) is 28.7 Å². The van der Waals surface area contributed by atoms with Gasteiger partial charge in [-0.05, 0) is 60.9 Å². The van der Waals surface area contributed by atoms with E-state index in [0.717, 1.165) is 48.2 Å². The Morgan fingerprint density at radius 2 is 1.93 bits per heavy atom. The number of carbonyl (C=O) groups excluding carboxylic acids is 1. The van der Waals surface area contributed by atoms with Crippen LogP contribution in [0, 0.1) is 6.92 Å². The first-order valence-electron chi connectivity index (χ1n) is 10.00. The Morgan fingerprint density at radius 3 is 2.83 bits per heavy atom. The first kappa shape index (κ1) is 18.9. The number of amides is 1. The highest BCUT2D eigenvalue weighted by Crippen LogP contribution is 2.39. The highest BCUT2D eigenvalue weighted by atomic mass is 35.5. The Hall–Kier alpha value is -3.12. The molecule has 0 N–H and O–H groups in total. The van der Waals surface area contributed by atoms with Gasteiger partial charge in [0.15, 0.2) is 10.9 Å². The van der Waals surface area contributed by atoms with Gasteiger partial charge < -0.3 is 9.47 Å². The zero-order chi connectivity index (χ0) is 20.7. The second-order valence-electron chi connectivity index (χ2n) is 7.54. The summed E-state index contributed by atoms with van der Waals surface area (Å²) in [6, 6.07) is 13.4. The van der Waals surface area contributed by atoms with Gasteiger partial charge in [-0.2, -0.15) is 0 Å². The molecule has 7 heteroatoms. The first-order valence-corrected chi connectivity index (χ1v) is 10.4. The minimum Gasteiger partial charge on any atom is -0.434 e. The molecule has 1 amide bonds. The summed E-state index contributed by atoms with van der Waals surface area (Å²) in [5.74, 6) is 1.04. The smallest absolute Gasteiger partial charge is 0.419 e. The third kappa shape index (κ3) is 3.37. The molecule has 0 spiro atoms. The van der Waals surface area contributed by atoms with Crippen LogP contribution in [-0.2, 0) is 19.3 Å². The Labute approximate surface area is 179 Å². The van der Waals surface area contributed by atoms with Crippen molar-refractivity contribution in [1.29, 1.82) is 0 Å². The molecule has 0 radical (unpaired) electrons. The van der Waals surface area contributed by atoms with Crippen LogP contribution >= 0.6 is 11.6 Å². The van der Waals surface area contributed by atoms with Crippen LogP contribution in [-0.4, -0.2) is 22.8 Å². The van der Waals surface area contributed by atoms with Gasteiger partial charge in [0, 0.05) is 12.6 Å². The van der Waals surface area contributed by atoms with Gasteiger partial charge in [-0.15, -0.1) is 10.2 Å². The van der Waals surface area contributed by atoms with E-state index in [9.17, 15) is 4.79 Å². The average molecular weight is 422 g/mol. The molecule has 0 atom stereocenters. The molecule has 0 bridgehead atoms. The van der Waals surface area contributed by atoms with Crippen LogP contribution in [0.4, 0.5) is 10.5 Å². The number of aromatic nitrogens is 2. The highest BCUT2D eigenvalue weighted by molar-refractivity contribution is 6.29. The van der Waals surface area contributed by atoms with Gasteiger partial charge in [-0.3, -0.25) is 4.90 Å². The molecule has 0 saturated carbocycles. The number of benzene rings is 2. The number of fused-ring (bicyclic) bond motifs is 2. The van der Waals surface area contributed by atoms with Gasteiger partial charge in [0.1, 0.15) is 5.75 Å². The Morgan fingerprint density at radius 1 is 1.07 bits per heavy atom. The SMILES string of the molecule is Cc1ccc2c(c1Oc1nnc(Cl)cc1OC(=O)N1CCc3ccccc31)CCC2. The van der Waals surface area contributed by atoms with Crippen LogP contribution in [0.5, 0.6) is 17.4 Å². The van der Waals surface area contributed by atoms with Crippen molar-refractivity contribution in [3.63, 3.8) is 0 Å². The fourth-order valence-corrected chi connectivity index (χ4v) is 4.29. The van der Waals surface area contributed by atoms with Gasteiger partial charge >= 0.3 is 6.09 Å². The summed E-state index contributed by atoms with van der Waals surface area (Å²) in [6.45, 7) is 2.55. The molecule has 2 aromatic carbocycles. The first-order chi connectivity index (χ1) is 14.6. The van der Waals surface area contributed by atoms with Gasteiger partial charge in [-0.1, -0.05) is 41.9 Å². The van der Waals surface area contributed by atoms with Crippen LogP contribution in [0.2, 0.25) is 5.15 Å². The lowest BCUT2D eigenvalue weighted by atomic mass is 10.1. The molecule has 6 nitrogen and oxygen atoms in total. The van der Waals surface area contributed by atoms with Gasteiger partial charge in [-0.25, -0.2) is 4.79 Å². The molecule has 3 aromatic rings. The summed E-state index contributed by atoms with van der Waals surface area (Å²) < 4.78 is 11.8. The molecule has 1 aromatic heterocycles. The summed E-state index contributed by atoms with van der Waals surface area (Å²) in [5.41, 5.74) is 5.43. The van der Waals surface area contributed by atoms with E-state index in [1.54, 1.807) is 4.90 Å². The van der Waals surface area contributed by atoms with Crippen molar-refractivity contribution in [1.82, 2.24) is 10.2 Å². The number of carbonyl (C=O) groups is 1. The second kappa shape index (κ2) is 7.61. The number of anilines is 1. The van der Waals surface area contributed by atoms with Crippen LogP contribution in [0.15, 0.2) is 42.5 Å². The third-order valence-corrected chi connectivity index (χ3v) is 5.81. The van der Waals surface area contributed by atoms with Crippen molar-refractivity contribution < 1.29 is 14.3 Å². The van der Waals surface area contributed by atoms with Crippen LogP contribution in [0.3, 0.4) is 0 Å². The highest BCUT2D eigenvalue weighted by Gasteiger charge is 2.28. The van der Waals surface area contributed by atoms with Gasteiger partial charge in [0.2, 0.25) is 0 Å². The third-order valence-electron chi connectivity index (χ3n) is 5.63. The van der Waals surface area contributed by atoms with E-state index in [4.69, 9.17) is 21.1 Å². The van der Waals surface area contributed by atoms with E-state index in [1.807, 2.05) is 37.3 Å². The monoisotopic (exact) mass is 421 g/mol. The predicted octanol–water partition coefficient (Wildman–Crippen LogP) is 5.28.